The predicted molar refractivity (Wildman–Crippen MR) is 60.6 cm³/mol. The van der Waals surface area contributed by atoms with Gasteiger partial charge in [-0.15, -0.1) is 11.3 Å². The second-order valence-electron chi connectivity index (χ2n) is 4.17. The molecule has 1 aliphatic heterocycles. The summed E-state index contributed by atoms with van der Waals surface area (Å²) in [5, 5.41) is 4.71. The SMILES string of the molecule is CCC1(CC)CNC1c1cnc(C)s1. The Kier molecular flexibility index (Phi) is 2.62. The Morgan fingerprint density at radius 3 is 2.64 bits per heavy atom. The molecule has 1 aromatic heterocycles. The minimum atomic E-state index is 0.499. The molecule has 78 valence electrons. The van der Waals surface area contributed by atoms with Crippen molar-refractivity contribution in [2.45, 2.75) is 39.7 Å². The fraction of sp³-hybridized carbons (Fsp3) is 0.727. The van der Waals surface area contributed by atoms with Crippen LogP contribution in [0.5, 0.6) is 0 Å². The summed E-state index contributed by atoms with van der Waals surface area (Å²) in [6.07, 6.45) is 4.56. The van der Waals surface area contributed by atoms with E-state index in [9.17, 15) is 0 Å². The van der Waals surface area contributed by atoms with Crippen molar-refractivity contribution in [1.82, 2.24) is 10.3 Å². The summed E-state index contributed by atoms with van der Waals surface area (Å²) < 4.78 is 0. The zero-order chi connectivity index (χ0) is 10.2. The van der Waals surface area contributed by atoms with Gasteiger partial charge in [0, 0.05) is 29.1 Å². The van der Waals surface area contributed by atoms with Crippen molar-refractivity contribution in [3.63, 3.8) is 0 Å². The lowest BCUT2D eigenvalue weighted by molar-refractivity contribution is 0.0731. The van der Waals surface area contributed by atoms with Gasteiger partial charge in [-0.1, -0.05) is 13.8 Å². The smallest absolute Gasteiger partial charge is 0.0897 e. The summed E-state index contributed by atoms with van der Waals surface area (Å²) in [4.78, 5) is 5.75. The van der Waals surface area contributed by atoms with Gasteiger partial charge in [0.2, 0.25) is 0 Å². The molecule has 2 rings (SSSR count). The van der Waals surface area contributed by atoms with Crippen molar-refractivity contribution in [2.75, 3.05) is 6.54 Å². The zero-order valence-electron chi connectivity index (χ0n) is 9.13. The number of hydrogen-bond donors (Lipinski definition) is 1. The van der Waals surface area contributed by atoms with Crippen molar-refractivity contribution in [3.05, 3.63) is 16.1 Å². The van der Waals surface area contributed by atoms with Crippen LogP contribution in [0.15, 0.2) is 6.20 Å². The molecule has 0 bridgehead atoms. The van der Waals surface area contributed by atoms with Gasteiger partial charge in [-0.25, -0.2) is 4.98 Å². The molecule has 0 saturated carbocycles. The van der Waals surface area contributed by atoms with Crippen molar-refractivity contribution in [2.24, 2.45) is 5.41 Å². The molecule has 14 heavy (non-hydrogen) atoms. The lowest BCUT2D eigenvalue weighted by atomic mass is 9.69. The number of rotatable bonds is 3. The summed E-state index contributed by atoms with van der Waals surface area (Å²) in [5.74, 6) is 0. The van der Waals surface area contributed by atoms with Crippen LogP contribution >= 0.6 is 11.3 Å². The average Bonchev–Trinajstić information content (AvgIpc) is 2.53. The Labute approximate surface area is 89.8 Å². The second-order valence-corrected chi connectivity index (χ2v) is 5.43. The van der Waals surface area contributed by atoms with E-state index in [1.165, 1.54) is 29.3 Å². The van der Waals surface area contributed by atoms with Gasteiger partial charge < -0.3 is 5.32 Å². The Hall–Kier alpha value is -0.410. The summed E-state index contributed by atoms with van der Waals surface area (Å²) in [7, 11) is 0. The number of nitrogens with one attached hydrogen (secondary N) is 1. The molecule has 3 heteroatoms. The Bertz CT molecular complexity index is 309. The minimum absolute atomic E-state index is 0.499. The molecule has 0 aromatic carbocycles. The number of aromatic nitrogens is 1. The van der Waals surface area contributed by atoms with E-state index in [1.54, 1.807) is 0 Å². The van der Waals surface area contributed by atoms with Gasteiger partial charge >= 0.3 is 0 Å². The van der Waals surface area contributed by atoms with Gasteiger partial charge in [-0.2, -0.15) is 0 Å². The number of thiazole rings is 1. The fourth-order valence-corrected chi connectivity index (χ4v) is 3.32. The highest BCUT2D eigenvalue weighted by Gasteiger charge is 2.45. The first-order chi connectivity index (χ1) is 6.72. The highest BCUT2D eigenvalue weighted by Crippen LogP contribution is 2.47. The summed E-state index contributed by atoms with van der Waals surface area (Å²) in [5.41, 5.74) is 0.499. The van der Waals surface area contributed by atoms with Crippen LogP contribution in [0.1, 0.15) is 42.6 Å². The first-order valence-electron chi connectivity index (χ1n) is 5.37. The van der Waals surface area contributed by atoms with Crippen LogP contribution in [-0.2, 0) is 0 Å². The maximum Gasteiger partial charge on any atom is 0.0897 e. The van der Waals surface area contributed by atoms with E-state index in [1.807, 2.05) is 17.5 Å². The van der Waals surface area contributed by atoms with Crippen molar-refractivity contribution < 1.29 is 0 Å². The first-order valence-corrected chi connectivity index (χ1v) is 6.19. The van der Waals surface area contributed by atoms with Crippen LogP contribution in [0.2, 0.25) is 0 Å². The molecule has 1 fully saturated rings. The zero-order valence-corrected chi connectivity index (χ0v) is 9.95. The van der Waals surface area contributed by atoms with Crippen molar-refractivity contribution in [1.29, 1.82) is 0 Å². The summed E-state index contributed by atoms with van der Waals surface area (Å²) >= 11 is 1.83. The van der Waals surface area contributed by atoms with Crippen LogP contribution in [0, 0.1) is 12.3 Å². The molecule has 1 saturated heterocycles. The molecule has 1 N–H and O–H groups in total. The standard InChI is InChI=1S/C11H18N2S/c1-4-11(5-2)7-13-10(11)9-6-12-8(3)14-9/h6,10,13H,4-5,7H2,1-3H3. The quantitative estimate of drug-likeness (QED) is 0.829. The number of hydrogen-bond acceptors (Lipinski definition) is 3. The highest BCUT2D eigenvalue weighted by molar-refractivity contribution is 7.11. The maximum absolute atomic E-state index is 4.33. The highest BCUT2D eigenvalue weighted by atomic mass is 32.1. The van der Waals surface area contributed by atoms with Gasteiger partial charge in [0.05, 0.1) is 5.01 Å². The molecular weight excluding hydrogens is 192 g/mol. The first kappa shape index (κ1) is 10.1. The van der Waals surface area contributed by atoms with Gasteiger partial charge in [0.1, 0.15) is 0 Å². The van der Waals surface area contributed by atoms with Gasteiger partial charge in [0.25, 0.3) is 0 Å². The number of nitrogens with zero attached hydrogens (tertiary/aromatic N) is 1. The van der Waals surface area contributed by atoms with Gasteiger partial charge in [-0.3, -0.25) is 0 Å². The largest absolute Gasteiger partial charge is 0.308 e. The molecule has 0 spiro atoms. The summed E-state index contributed by atoms with van der Waals surface area (Å²) in [6.45, 7) is 7.84. The normalized spacial score (nSPS) is 24.6. The van der Waals surface area contributed by atoms with Crippen molar-refractivity contribution >= 4 is 11.3 Å². The van der Waals surface area contributed by atoms with E-state index >= 15 is 0 Å². The lowest BCUT2D eigenvalue weighted by Gasteiger charge is -2.49. The van der Waals surface area contributed by atoms with Crippen LogP contribution < -0.4 is 5.32 Å². The molecule has 1 aliphatic rings. The Balaban J connectivity index is 2.20. The molecule has 1 aromatic rings. The molecule has 1 unspecified atom stereocenters. The summed E-state index contributed by atoms with van der Waals surface area (Å²) in [6, 6.07) is 0.559. The Morgan fingerprint density at radius 1 is 1.57 bits per heavy atom. The van der Waals surface area contributed by atoms with E-state index in [0.717, 1.165) is 0 Å². The number of aryl methyl sites for hydroxylation is 1. The molecule has 0 amide bonds. The van der Waals surface area contributed by atoms with E-state index in [4.69, 9.17) is 0 Å². The molecule has 1 atom stereocenters. The van der Waals surface area contributed by atoms with Crippen LogP contribution in [0.4, 0.5) is 0 Å². The minimum Gasteiger partial charge on any atom is -0.308 e. The van der Waals surface area contributed by atoms with E-state index in [-0.39, 0.29) is 0 Å². The molecular formula is C11H18N2S. The van der Waals surface area contributed by atoms with E-state index in [2.05, 4.69) is 31.1 Å². The Morgan fingerprint density at radius 2 is 2.29 bits per heavy atom. The van der Waals surface area contributed by atoms with Gasteiger partial charge in [-0.05, 0) is 19.8 Å². The fourth-order valence-electron chi connectivity index (χ4n) is 2.31. The average molecular weight is 210 g/mol. The topological polar surface area (TPSA) is 24.9 Å². The third-order valence-corrected chi connectivity index (χ3v) is 4.58. The third-order valence-electron chi connectivity index (χ3n) is 3.60. The molecule has 0 radical (unpaired) electrons. The maximum atomic E-state index is 4.33. The van der Waals surface area contributed by atoms with Crippen LogP contribution in [0.25, 0.3) is 0 Å². The van der Waals surface area contributed by atoms with E-state index < -0.39 is 0 Å². The second kappa shape index (κ2) is 3.63. The predicted octanol–water partition coefficient (Wildman–Crippen LogP) is 2.90. The molecule has 2 nitrogen and oxygen atoms in total. The lowest BCUT2D eigenvalue weighted by Crippen LogP contribution is -2.55. The monoisotopic (exact) mass is 210 g/mol. The molecule has 0 aliphatic carbocycles. The van der Waals surface area contributed by atoms with E-state index in [0.29, 0.717) is 11.5 Å². The van der Waals surface area contributed by atoms with Crippen LogP contribution in [-0.4, -0.2) is 11.5 Å². The van der Waals surface area contributed by atoms with Gasteiger partial charge in [0.15, 0.2) is 0 Å². The third kappa shape index (κ3) is 1.39. The molecule has 2 heterocycles. The van der Waals surface area contributed by atoms with Crippen molar-refractivity contribution in [3.8, 4) is 0 Å². The van der Waals surface area contributed by atoms with Crippen LogP contribution in [0.3, 0.4) is 0 Å².